The molecule has 0 fully saturated rings. The summed E-state index contributed by atoms with van der Waals surface area (Å²) in [5, 5.41) is 4.17. The molecule has 0 aliphatic heterocycles. The standard InChI is InChI=1S/C11H18BrN3O/c1-8(12)5-6-14(3)11(16)10-7-9(2)13-15(10)4/h7-8H,5-6H2,1-4H3. The van der Waals surface area contributed by atoms with E-state index in [0.717, 1.165) is 18.7 Å². The molecule has 0 spiro atoms. The van der Waals surface area contributed by atoms with Crippen molar-refractivity contribution in [2.75, 3.05) is 13.6 Å². The molecule has 90 valence electrons. The number of aryl methyl sites for hydroxylation is 2. The molecule has 1 unspecified atom stereocenters. The van der Waals surface area contributed by atoms with E-state index in [0.29, 0.717) is 10.5 Å². The van der Waals surface area contributed by atoms with Crippen molar-refractivity contribution < 1.29 is 4.79 Å². The summed E-state index contributed by atoms with van der Waals surface area (Å²) in [5.41, 5.74) is 1.51. The Kier molecular flexibility index (Phi) is 4.53. The Labute approximate surface area is 105 Å². The first-order valence-electron chi connectivity index (χ1n) is 5.32. The van der Waals surface area contributed by atoms with Crippen LogP contribution in [-0.2, 0) is 7.05 Å². The number of aromatic nitrogens is 2. The molecule has 1 atom stereocenters. The van der Waals surface area contributed by atoms with Crippen LogP contribution < -0.4 is 0 Å². The summed E-state index contributed by atoms with van der Waals surface area (Å²) in [6, 6.07) is 1.82. The Hall–Kier alpha value is -0.840. The molecule has 0 radical (unpaired) electrons. The lowest BCUT2D eigenvalue weighted by atomic mass is 10.3. The molecule has 0 aliphatic rings. The van der Waals surface area contributed by atoms with Gasteiger partial charge in [-0.15, -0.1) is 0 Å². The molecule has 0 saturated carbocycles. The molecule has 0 bridgehead atoms. The largest absolute Gasteiger partial charge is 0.340 e. The third-order valence-electron chi connectivity index (χ3n) is 2.43. The molecule has 4 nitrogen and oxygen atoms in total. The number of nitrogens with zero attached hydrogens (tertiary/aromatic N) is 3. The van der Waals surface area contributed by atoms with Crippen molar-refractivity contribution >= 4 is 21.8 Å². The molecule has 1 amide bonds. The van der Waals surface area contributed by atoms with E-state index in [9.17, 15) is 4.79 Å². The Balaban J connectivity index is 2.67. The lowest BCUT2D eigenvalue weighted by molar-refractivity contribution is 0.0783. The van der Waals surface area contributed by atoms with Gasteiger partial charge in [0.05, 0.1) is 5.69 Å². The number of carbonyl (C=O) groups excluding carboxylic acids is 1. The normalized spacial score (nSPS) is 12.6. The van der Waals surface area contributed by atoms with Gasteiger partial charge in [0.25, 0.3) is 5.91 Å². The topological polar surface area (TPSA) is 38.1 Å². The third kappa shape index (κ3) is 3.33. The first-order valence-corrected chi connectivity index (χ1v) is 6.23. The quantitative estimate of drug-likeness (QED) is 0.795. The molecule has 1 aromatic rings. The number of alkyl halides is 1. The maximum atomic E-state index is 12.0. The van der Waals surface area contributed by atoms with Crippen molar-refractivity contribution in [2.45, 2.75) is 25.1 Å². The van der Waals surface area contributed by atoms with Gasteiger partial charge in [0.2, 0.25) is 0 Å². The van der Waals surface area contributed by atoms with Gasteiger partial charge in [-0.05, 0) is 19.4 Å². The van der Waals surface area contributed by atoms with E-state index < -0.39 is 0 Å². The zero-order valence-corrected chi connectivity index (χ0v) is 11.8. The van der Waals surface area contributed by atoms with Crippen molar-refractivity contribution in [3.05, 3.63) is 17.5 Å². The summed E-state index contributed by atoms with van der Waals surface area (Å²) < 4.78 is 1.63. The van der Waals surface area contributed by atoms with Crippen molar-refractivity contribution in [2.24, 2.45) is 7.05 Å². The van der Waals surface area contributed by atoms with E-state index in [1.165, 1.54) is 0 Å². The predicted molar refractivity (Wildman–Crippen MR) is 67.9 cm³/mol. The molecule has 16 heavy (non-hydrogen) atoms. The van der Waals surface area contributed by atoms with E-state index in [1.54, 1.807) is 16.6 Å². The van der Waals surface area contributed by atoms with Crippen molar-refractivity contribution in [1.29, 1.82) is 0 Å². The average molecular weight is 288 g/mol. The second-order valence-electron chi connectivity index (χ2n) is 4.09. The smallest absolute Gasteiger partial charge is 0.271 e. The maximum absolute atomic E-state index is 12.0. The summed E-state index contributed by atoms with van der Waals surface area (Å²) in [5.74, 6) is 0.0243. The second-order valence-corrected chi connectivity index (χ2v) is 5.65. The van der Waals surface area contributed by atoms with Gasteiger partial charge >= 0.3 is 0 Å². The number of hydrogen-bond donors (Lipinski definition) is 0. The van der Waals surface area contributed by atoms with Gasteiger partial charge in [0.15, 0.2) is 0 Å². The number of carbonyl (C=O) groups is 1. The van der Waals surface area contributed by atoms with Crippen molar-refractivity contribution in [3.8, 4) is 0 Å². The predicted octanol–water partition coefficient (Wildman–Crippen LogP) is 1.97. The van der Waals surface area contributed by atoms with Gasteiger partial charge in [0, 0.05) is 25.5 Å². The lowest BCUT2D eigenvalue weighted by Gasteiger charge is -2.17. The molecular formula is C11H18BrN3O. The van der Waals surface area contributed by atoms with Gasteiger partial charge < -0.3 is 4.90 Å². The fraction of sp³-hybridized carbons (Fsp3) is 0.636. The highest BCUT2D eigenvalue weighted by Crippen LogP contribution is 2.08. The van der Waals surface area contributed by atoms with Crippen molar-refractivity contribution in [3.63, 3.8) is 0 Å². The second kappa shape index (κ2) is 5.48. The van der Waals surface area contributed by atoms with Crippen LogP contribution in [0.15, 0.2) is 6.07 Å². The fourth-order valence-electron chi connectivity index (χ4n) is 1.48. The van der Waals surface area contributed by atoms with Crippen molar-refractivity contribution in [1.82, 2.24) is 14.7 Å². The van der Waals surface area contributed by atoms with E-state index in [1.807, 2.05) is 20.0 Å². The Morgan fingerprint density at radius 2 is 2.31 bits per heavy atom. The van der Waals surface area contributed by atoms with Crippen LogP contribution in [0.1, 0.15) is 29.5 Å². The first kappa shape index (κ1) is 13.2. The molecular weight excluding hydrogens is 270 g/mol. The highest BCUT2D eigenvalue weighted by atomic mass is 79.9. The van der Waals surface area contributed by atoms with Crippen LogP contribution in [0.4, 0.5) is 0 Å². The zero-order chi connectivity index (χ0) is 12.3. The molecule has 0 aromatic carbocycles. The Bertz CT molecular complexity index is 373. The SMILES string of the molecule is Cc1cc(C(=O)N(C)CCC(C)Br)n(C)n1. The number of amides is 1. The molecule has 1 heterocycles. The van der Waals surface area contributed by atoms with Gasteiger partial charge in [0.1, 0.15) is 5.69 Å². The summed E-state index contributed by atoms with van der Waals surface area (Å²) in [6.07, 6.45) is 0.944. The summed E-state index contributed by atoms with van der Waals surface area (Å²) >= 11 is 3.47. The van der Waals surface area contributed by atoms with Crippen LogP contribution in [0.25, 0.3) is 0 Å². The molecule has 1 aromatic heterocycles. The van der Waals surface area contributed by atoms with Crippen LogP contribution in [0, 0.1) is 6.92 Å². The van der Waals surface area contributed by atoms with E-state index >= 15 is 0 Å². The number of hydrogen-bond acceptors (Lipinski definition) is 2. The first-order chi connectivity index (χ1) is 7.41. The highest BCUT2D eigenvalue weighted by Gasteiger charge is 2.16. The molecule has 5 heteroatoms. The zero-order valence-electron chi connectivity index (χ0n) is 10.2. The third-order valence-corrected chi connectivity index (χ3v) is 2.89. The van der Waals surface area contributed by atoms with Gasteiger partial charge in [-0.2, -0.15) is 5.10 Å². The van der Waals surface area contributed by atoms with Gasteiger partial charge in [-0.1, -0.05) is 22.9 Å². The van der Waals surface area contributed by atoms with Crippen LogP contribution >= 0.6 is 15.9 Å². The number of halogens is 1. The van der Waals surface area contributed by atoms with E-state index in [2.05, 4.69) is 28.0 Å². The maximum Gasteiger partial charge on any atom is 0.271 e. The van der Waals surface area contributed by atoms with Crippen LogP contribution in [0.5, 0.6) is 0 Å². The van der Waals surface area contributed by atoms with E-state index in [4.69, 9.17) is 0 Å². The van der Waals surface area contributed by atoms with Gasteiger partial charge in [-0.25, -0.2) is 0 Å². The lowest BCUT2D eigenvalue weighted by Crippen LogP contribution is -2.30. The highest BCUT2D eigenvalue weighted by molar-refractivity contribution is 9.09. The van der Waals surface area contributed by atoms with E-state index in [-0.39, 0.29) is 5.91 Å². The summed E-state index contributed by atoms with van der Waals surface area (Å²) in [4.78, 5) is 14.2. The molecule has 0 saturated heterocycles. The average Bonchev–Trinajstić information content (AvgIpc) is 2.53. The monoisotopic (exact) mass is 287 g/mol. The van der Waals surface area contributed by atoms with Crippen LogP contribution in [0.3, 0.4) is 0 Å². The molecule has 0 aliphatic carbocycles. The van der Waals surface area contributed by atoms with Crippen LogP contribution in [0.2, 0.25) is 0 Å². The minimum absolute atomic E-state index is 0.0243. The summed E-state index contributed by atoms with van der Waals surface area (Å²) in [7, 11) is 3.61. The minimum Gasteiger partial charge on any atom is -0.340 e. The Morgan fingerprint density at radius 3 is 2.75 bits per heavy atom. The molecule has 1 rings (SSSR count). The van der Waals surface area contributed by atoms with Gasteiger partial charge in [-0.3, -0.25) is 9.48 Å². The minimum atomic E-state index is 0.0243. The fourth-order valence-corrected chi connectivity index (χ4v) is 1.68. The van der Waals surface area contributed by atoms with Crippen LogP contribution in [-0.4, -0.2) is 39.0 Å². The summed E-state index contributed by atoms with van der Waals surface area (Å²) in [6.45, 7) is 4.71. The number of rotatable bonds is 4. The Morgan fingerprint density at radius 1 is 1.69 bits per heavy atom. The molecule has 0 N–H and O–H groups in total.